The van der Waals surface area contributed by atoms with E-state index >= 15 is 0 Å². The van der Waals surface area contributed by atoms with Gasteiger partial charge in [0.1, 0.15) is 5.75 Å². The second kappa shape index (κ2) is 5.29. The van der Waals surface area contributed by atoms with E-state index in [1.807, 2.05) is 19.9 Å². The number of hydrogen-bond acceptors (Lipinski definition) is 5. The minimum atomic E-state index is 0.203. The molecule has 5 nitrogen and oxygen atoms in total. The van der Waals surface area contributed by atoms with E-state index in [-0.39, 0.29) is 6.01 Å². The highest BCUT2D eigenvalue weighted by Crippen LogP contribution is 2.24. The van der Waals surface area contributed by atoms with Crippen LogP contribution >= 0.6 is 11.6 Å². The molecule has 18 heavy (non-hydrogen) atoms. The Kier molecular flexibility index (Phi) is 3.74. The molecule has 0 unspecified atom stereocenters. The summed E-state index contributed by atoms with van der Waals surface area (Å²) in [5, 5.41) is 8.36. The molecule has 94 valence electrons. The normalized spacial score (nSPS) is 10.4. The summed E-state index contributed by atoms with van der Waals surface area (Å²) in [5.74, 6) is 0.558. The lowest BCUT2D eigenvalue weighted by molar-refractivity contribution is 0.430. The van der Waals surface area contributed by atoms with Gasteiger partial charge in [-0.2, -0.15) is 4.98 Å². The van der Waals surface area contributed by atoms with Crippen LogP contribution in [0.5, 0.6) is 11.8 Å². The van der Waals surface area contributed by atoms with Crippen LogP contribution in [0.2, 0.25) is 5.02 Å². The maximum Gasteiger partial charge on any atom is 0.341 e. The molecule has 2 aromatic rings. The van der Waals surface area contributed by atoms with Gasteiger partial charge in [-0.05, 0) is 31.5 Å². The molecule has 1 aromatic heterocycles. The third-order valence-corrected chi connectivity index (χ3v) is 2.88. The molecule has 0 saturated heterocycles. The Bertz CT molecular complexity index is 574. The van der Waals surface area contributed by atoms with E-state index in [1.165, 1.54) is 0 Å². The standard InChI is InChI=1S/C12H13ClN4O/c1-7-8(2)16-17-12(15-7)18-10-4-3-9(6-14)11(13)5-10/h3-5H,6,14H2,1-2H3. The van der Waals surface area contributed by atoms with E-state index in [0.29, 0.717) is 17.3 Å². The summed E-state index contributed by atoms with van der Waals surface area (Å²) in [6.07, 6.45) is 0. The number of halogens is 1. The molecule has 0 spiro atoms. The van der Waals surface area contributed by atoms with Crippen LogP contribution in [0.1, 0.15) is 17.0 Å². The molecular formula is C12H13ClN4O. The van der Waals surface area contributed by atoms with Crippen molar-refractivity contribution in [3.05, 3.63) is 40.2 Å². The number of rotatable bonds is 3. The Morgan fingerprint density at radius 1 is 1.22 bits per heavy atom. The minimum absolute atomic E-state index is 0.203. The lowest BCUT2D eigenvalue weighted by Crippen LogP contribution is -2.00. The third kappa shape index (κ3) is 2.75. The monoisotopic (exact) mass is 264 g/mol. The average Bonchev–Trinajstić information content (AvgIpc) is 2.34. The van der Waals surface area contributed by atoms with Gasteiger partial charge in [0.25, 0.3) is 0 Å². The molecule has 1 aromatic carbocycles. The number of ether oxygens (including phenoxy) is 1. The number of aromatic nitrogens is 3. The summed E-state index contributed by atoms with van der Waals surface area (Å²) >= 11 is 6.04. The average molecular weight is 265 g/mol. The Labute approximate surface area is 110 Å². The van der Waals surface area contributed by atoms with E-state index in [4.69, 9.17) is 22.1 Å². The van der Waals surface area contributed by atoms with Gasteiger partial charge in [-0.3, -0.25) is 0 Å². The fraction of sp³-hybridized carbons (Fsp3) is 0.250. The van der Waals surface area contributed by atoms with Crippen LogP contribution in [0, 0.1) is 13.8 Å². The molecule has 0 bridgehead atoms. The molecule has 0 saturated carbocycles. The summed E-state index contributed by atoms with van der Waals surface area (Å²) in [4.78, 5) is 4.18. The molecule has 0 aliphatic heterocycles. The smallest absolute Gasteiger partial charge is 0.341 e. The van der Waals surface area contributed by atoms with Gasteiger partial charge in [-0.25, -0.2) is 0 Å². The molecule has 0 amide bonds. The van der Waals surface area contributed by atoms with E-state index in [1.54, 1.807) is 12.1 Å². The highest BCUT2D eigenvalue weighted by atomic mass is 35.5. The van der Waals surface area contributed by atoms with Crippen molar-refractivity contribution in [3.8, 4) is 11.8 Å². The molecule has 1 heterocycles. The van der Waals surface area contributed by atoms with Crippen LogP contribution in [-0.2, 0) is 6.54 Å². The first kappa shape index (κ1) is 12.7. The molecular weight excluding hydrogens is 252 g/mol. The third-order valence-electron chi connectivity index (χ3n) is 2.53. The van der Waals surface area contributed by atoms with Gasteiger partial charge in [0.15, 0.2) is 0 Å². The lowest BCUT2D eigenvalue weighted by atomic mass is 10.2. The quantitative estimate of drug-likeness (QED) is 0.921. The molecule has 0 atom stereocenters. The summed E-state index contributed by atoms with van der Waals surface area (Å²) in [6, 6.07) is 5.47. The van der Waals surface area contributed by atoms with Crippen LogP contribution in [0.3, 0.4) is 0 Å². The molecule has 0 radical (unpaired) electrons. The molecule has 0 fully saturated rings. The van der Waals surface area contributed by atoms with Crippen molar-refractivity contribution < 1.29 is 4.74 Å². The van der Waals surface area contributed by atoms with Gasteiger partial charge in [0.05, 0.1) is 11.4 Å². The van der Waals surface area contributed by atoms with Gasteiger partial charge in [0, 0.05) is 11.6 Å². The van der Waals surface area contributed by atoms with Crippen molar-refractivity contribution in [2.24, 2.45) is 5.73 Å². The van der Waals surface area contributed by atoms with Gasteiger partial charge < -0.3 is 10.5 Å². The molecule has 2 N–H and O–H groups in total. The predicted octanol–water partition coefficient (Wildman–Crippen LogP) is 2.39. The predicted molar refractivity (Wildman–Crippen MR) is 68.7 cm³/mol. The maximum absolute atomic E-state index is 6.04. The zero-order valence-corrected chi connectivity index (χ0v) is 10.9. The maximum atomic E-state index is 6.04. The molecule has 0 aliphatic carbocycles. The van der Waals surface area contributed by atoms with E-state index in [2.05, 4.69) is 15.2 Å². The Hall–Kier alpha value is -1.72. The van der Waals surface area contributed by atoms with Crippen molar-refractivity contribution in [3.63, 3.8) is 0 Å². The van der Waals surface area contributed by atoms with Crippen LogP contribution < -0.4 is 10.5 Å². The fourth-order valence-corrected chi connectivity index (χ4v) is 1.59. The second-order valence-electron chi connectivity index (χ2n) is 3.82. The largest absolute Gasteiger partial charge is 0.423 e. The first-order valence-electron chi connectivity index (χ1n) is 5.44. The topological polar surface area (TPSA) is 73.9 Å². The minimum Gasteiger partial charge on any atom is -0.423 e. The summed E-state index contributed by atoms with van der Waals surface area (Å²) in [6.45, 7) is 4.08. The number of hydrogen-bond donors (Lipinski definition) is 1. The molecule has 6 heteroatoms. The second-order valence-corrected chi connectivity index (χ2v) is 4.23. The first-order valence-corrected chi connectivity index (χ1v) is 5.82. The van der Waals surface area contributed by atoms with Crippen LogP contribution in [-0.4, -0.2) is 15.2 Å². The Morgan fingerprint density at radius 2 is 2.00 bits per heavy atom. The van der Waals surface area contributed by atoms with Crippen molar-refractivity contribution in [1.29, 1.82) is 0 Å². The zero-order valence-electron chi connectivity index (χ0n) is 10.1. The van der Waals surface area contributed by atoms with Gasteiger partial charge in [-0.15, -0.1) is 5.10 Å². The van der Waals surface area contributed by atoms with E-state index in [0.717, 1.165) is 17.0 Å². The summed E-state index contributed by atoms with van der Waals surface area (Å²) < 4.78 is 5.48. The molecule has 0 aliphatic rings. The number of nitrogens with two attached hydrogens (primary N) is 1. The Morgan fingerprint density at radius 3 is 2.61 bits per heavy atom. The van der Waals surface area contributed by atoms with E-state index < -0.39 is 0 Å². The van der Waals surface area contributed by atoms with Gasteiger partial charge >= 0.3 is 6.01 Å². The van der Waals surface area contributed by atoms with Crippen LogP contribution in [0.15, 0.2) is 18.2 Å². The van der Waals surface area contributed by atoms with E-state index in [9.17, 15) is 0 Å². The zero-order chi connectivity index (χ0) is 13.1. The highest BCUT2D eigenvalue weighted by molar-refractivity contribution is 6.31. The number of benzene rings is 1. The van der Waals surface area contributed by atoms with Gasteiger partial charge in [-0.1, -0.05) is 22.8 Å². The van der Waals surface area contributed by atoms with Gasteiger partial charge in [0.2, 0.25) is 0 Å². The lowest BCUT2D eigenvalue weighted by Gasteiger charge is -2.06. The molecule has 2 rings (SSSR count). The number of nitrogens with zero attached hydrogens (tertiary/aromatic N) is 3. The van der Waals surface area contributed by atoms with Crippen LogP contribution in [0.25, 0.3) is 0 Å². The van der Waals surface area contributed by atoms with Crippen molar-refractivity contribution >= 4 is 11.6 Å². The van der Waals surface area contributed by atoms with Crippen LogP contribution in [0.4, 0.5) is 0 Å². The van der Waals surface area contributed by atoms with Crippen molar-refractivity contribution in [2.45, 2.75) is 20.4 Å². The summed E-state index contributed by atoms with van der Waals surface area (Å²) in [5.41, 5.74) is 7.95. The van der Waals surface area contributed by atoms with Crippen molar-refractivity contribution in [1.82, 2.24) is 15.2 Å². The first-order chi connectivity index (χ1) is 8.60. The Balaban J connectivity index is 2.23. The SMILES string of the molecule is Cc1nnc(Oc2ccc(CN)c(Cl)c2)nc1C. The highest BCUT2D eigenvalue weighted by Gasteiger charge is 2.06. The number of aryl methyl sites for hydroxylation is 2. The fourth-order valence-electron chi connectivity index (χ4n) is 1.34. The van der Waals surface area contributed by atoms with Crippen molar-refractivity contribution in [2.75, 3.05) is 0 Å². The summed E-state index contributed by atoms with van der Waals surface area (Å²) in [7, 11) is 0.